The Morgan fingerprint density at radius 1 is 1.00 bits per heavy atom. The van der Waals surface area contributed by atoms with Gasteiger partial charge in [0.2, 0.25) is 5.91 Å². The van der Waals surface area contributed by atoms with Crippen LogP contribution in [-0.2, 0) is 11.2 Å². The summed E-state index contributed by atoms with van der Waals surface area (Å²) in [7, 11) is 3.20. The summed E-state index contributed by atoms with van der Waals surface area (Å²) < 4.78 is 10.7. The largest absolute Gasteiger partial charge is 0.493 e. The quantitative estimate of drug-likeness (QED) is 0.600. The Labute approximate surface area is 171 Å². The fourth-order valence-electron chi connectivity index (χ4n) is 3.00. The predicted octanol–water partition coefficient (Wildman–Crippen LogP) is 4.84. The first-order valence-corrected chi connectivity index (χ1v) is 9.38. The minimum atomic E-state index is -0.0549. The molecule has 0 unspecified atom stereocenters. The van der Waals surface area contributed by atoms with E-state index < -0.39 is 0 Å². The van der Waals surface area contributed by atoms with E-state index >= 15 is 0 Å². The number of aromatic nitrogens is 1. The topological polar surface area (TPSA) is 60.5 Å². The second-order valence-electron chi connectivity index (χ2n) is 6.41. The van der Waals surface area contributed by atoms with Crippen molar-refractivity contribution < 1.29 is 14.3 Å². The number of amides is 1. The highest BCUT2D eigenvalue weighted by Crippen LogP contribution is 2.31. The number of carbonyl (C=O) groups is 1. The molecule has 5 heteroatoms. The monoisotopic (exact) mass is 388 g/mol. The van der Waals surface area contributed by atoms with Crippen molar-refractivity contribution in [1.29, 1.82) is 0 Å². The van der Waals surface area contributed by atoms with Gasteiger partial charge in [0.25, 0.3) is 0 Å². The SMILES string of the molecule is COc1cccc(CCC(=O)Nc2cccc(/C=C/c3ccccn3)c2)c1OC. The second-order valence-corrected chi connectivity index (χ2v) is 6.41. The molecule has 29 heavy (non-hydrogen) atoms. The molecule has 3 rings (SSSR count). The molecule has 0 atom stereocenters. The summed E-state index contributed by atoms with van der Waals surface area (Å²) in [4.78, 5) is 16.7. The zero-order valence-corrected chi connectivity index (χ0v) is 16.6. The minimum absolute atomic E-state index is 0.0549. The Morgan fingerprint density at radius 3 is 2.62 bits per heavy atom. The van der Waals surface area contributed by atoms with Crippen LogP contribution in [0, 0.1) is 0 Å². The number of methoxy groups -OCH3 is 2. The molecule has 0 bridgehead atoms. The molecule has 148 valence electrons. The molecule has 0 aliphatic rings. The molecule has 0 spiro atoms. The zero-order chi connectivity index (χ0) is 20.5. The molecule has 0 aliphatic heterocycles. The first kappa shape index (κ1) is 20.1. The first-order chi connectivity index (χ1) is 14.2. The number of hydrogen-bond donors (Lipinski definition) is 1. The van der Waals surface area contributed by atoms with Gasteiger partial charge in [-0.3, -0.25) is 9.78 Å². The molecule has 3 aromatic rings. The summed E-state index contributed by atoms with van der Waals surface area (Å²) in [5.41, 5.74) is 3.57. The summed E-state index contributed by atoms with van der Waals surface area (Å²) in [6.45, 7) is 0. The maximum absolute atomic E-state index is 12.4. The molecular weight excluding hydrogens is 364 g/mol. The van der Waals surface area contributed by atoms with Crippen molar-refractivity contribution in [3.8, 4) is 11.5 Å². The average molecular weight is 388 g/mol. The van der Waals surface area contributed by atoms with E-state index in [1.54, 1.807) is 20.4 Å². The van der Waals surface area contributed by atoms with Crippen LogP contribution in [0.2, 0.25) is 0 Å². The van der Waals surface area contributed by atoms with Gasteiger partial charge in [0.05, 0.1) is 19.9 Å². The average Bonchev–Trinajstić information content (AvgIpc) is 2.77. The van der Waals surface area contributed by atoms with Crippen LogP contribution >= 0.6 is 0 Å². The Balaban J connectivity index is 1.61. The summed E-state index contributed by atoms with van der Waals surface area (Å²) in [5.74, 6) is 1.28. The van der Waals surface area contributed by atoms with Gasteiger partial charge in [-0.2, -0.15) is 0 Å². The van der Waals surface area contributed by atoms with E-state index in [4.69, 9.17) is 9.47 Å². The number of nitrogens with one attached hydrogen (secondary N) is 1. The van der Waals surface area contributed by atoms with Crippen LogP contribution in [0.4, 0.5) is 5.69 Å². The predicted molar refractivity (Wildman–Crippen MR) is 116 cm³/mol. The maximum Gasteiger partial charge on any atom is 0.224 e. The summed E-state index contributed by atoms with van der Waals surface area (Å²) in [6.07, 6.45) is 6.58. The van der Waals surface area contributed by atoms with Crippen LogP contribution in [-0.4, -0.2) is 25.1 Å². The van der Waals surface area contributed by atoms with E-state index in [0.717, 1.165) is 22.5 Å². The Kier molecular flexibility index (Phi) is 7.00. The lowest BCUT2D eigenvalue weighted by Crippen LogP contribution is -2.12. The van der Waals surface area contributed by atoms with E-state index in [1.807, 2.05) is 72.8 Å². The molecule has 0 saturated carbocycles. The molecule has 2 aromatic carbocycles. The van der Waals surface area contributed by atoms with Gasteiger partial charge in [-0.25, -0.2) is 0 Å². The maximum atomic E-state index is 12.4. The highest BCUT2D eigenvalue weighted by Gasteiger charge is 2.11. The van der Waals surface area contributed by atoms with Gasteiger partial charge in [0, 0.05) is 18.3 Å². The number of rotatable bonds is 8. The third-order valence-corrected chi connectivity index (χ3v) is 4.41. The molecule has 1 heterocycles. The fraction of sp³-hybridized carbons (Fsp3) is 0.167. The molecule has 0 radical (unpaired) electrons. The summed E-state index contributed by atoms with van der Waals surface area (Å²) in [5, 5.41) is 2.96. The van der Waals surface area contributed by atoms with Crippen molar-refractivity contribution in [3.63, 3.8) is 0 Å². The highest BCUT2D eigenvalue weighted by molar-refractivity contribution is 5.91. The number of ether oxygens (including phenoxy) is 2. The van der Waals surface area contributed by atoms with E-state index in [2.05, 4.69) is 10.3 Å². The van der Waals surface area contributed by atoms with Crippen LogP contribution in [0.5, 0.6) is 11.5 Å². The number of hydrogen-bond acceptors (Lipinski definition) is 4. The molecular formula is C24H24N2O3. The van der Waals surface area contributed by atoms with Crippen LogP contribution in [0.1, 0.15) is 23.2 Å². The summed E-state index contributed by atoms with van der Waals surface area (Å²) >= 11 is 0. The van der Waals surface area contributed by atoms with Crippen molar-refractivity contribution in [2.45, 2.75) is 12.8 Å². The Hall–Kier alpha value is -3.60. The first-order valence-electron chi connectivity index (χ1n) is 9.38. The lowest BCUT2D eigenvalue weighted by molar-refractivity contribution is -0.116. The number of aryl methyl sites for hydroxylation is 1. The third-order valence-electron chi connectivity index (χ3n) is 4.41. The van der Waals surface area contributed by atoms with Crippen molar-refractivity contribution in [3.05, 3.63) is 83.7 Å². The number of pyridine rings is 1. The zero-order valence-electron chi connectivity index (χ0n) is 16.6. The molecule has 0 saturated heterocycles. The van der Waals surface area contributed by atoms with Crippen molar-refractivity contribution >= 4 is 23.7 Å². The van der Waals surface area contributed by atoms with E-state index in [9.17, 15) is 4.79 Å². The normalized spacial score (nSPS) is 10.7. The number of nitrogens with zero attached hydrogens (tertiary/aromatic N) is 1. The Morgan fingerprint density at radius 2 is 1.86 bits per heavy atom. The fourth-order valence-corrected chi connectivity index (χ4v) is 3.00. The summed E-state index contributed by atoms with van der Waals surface area (Å²) in [6, 6.07) is 19.2. The number of benzene rings is 2. The van der Waals surface area contributed by atoms with Gasteiger partial charge in [-0.1, -0.05) is 36.4 Å². The van der Waals surface area contributed by atoms with Crippen LogP contribution in [0.15, 0.2) is 66.9 Å². The van der Waals surface area contributed by atoms with Gasteiger partial charge < -0.3 is 14.8 Å². The van der Waals surface area contributed by atoms with Crippen LogP contribution < -0.4 is 14.8 Å². The van der Waals surface area contributed by atoms with Gasteiger partial charge >= 0.3 is 0 Å². The van der Waals surface area contributed by atoms with E-state index in [1.165, 1.54) is 0 Å². The molecule has 5 nitrogen and oxygen atoms in total. The number of para-hydroxylation sites is 1. The molecule has 1 N–H and O–H groups in total. The lowest BCUT2D eigenvalue weighted by Gasteiger charge is -2.12. The molecule has 1 amide bonds. The number of carbonyl (C=O) groups excluding carboxylic acids is 1. The Bertz CT molecular complexity index is 984. The number of anilines is 1. The standard InChI is InChI=1S/C24H24N2O3/c1-28-22-11-6-8-19(24(22)29-2)13-15-23(27)26-21-10-5-7-18(17-21)12-14-20-9-3-4-16-25-20/h3-12,14,16-17H,13,15H2,1-2H3,(H,26,27)/b14-12+. The van der Waals surface area contributed by atoms with Crippen LogP contribution in [0.25, 0.3) is 12.2 Å². The molecule has 0 fully saturated rings. The van der Waals surface area contributed by atoms with Crippen molar-refractivity contribution in [2.24, 2.45) is 0 Å². The molecule has 0 aliphatic carbocycles. The third kappa shape index (κ3) is 5.69. The van der Waals surface area contributed by atoms with E-state index in [-0.39, 0.29) is 5.91 Å². The van der Waals surface area contributed by atoms with Gasteiger partial charge in [0.15, 0.2) is 11.5 Å². The minimum Gasteiger partial charge on any atom is -0.493 e. The van der Waals surface area contributed by atoms with Gasteiger partial charge in [-0.15, -0.1) is 0 Å². The second kappa shape index (κ2) is 10.1. The van der Waals surface area contributed by atoms with Gasteiger partial charge in [0.1, 0.15) is 0 Å². The smallest absolute Gasteiger partial charge is 0.224 e. The molecule has 1 aromatic heterocycles. The van der Waals surface area contributed by atoms with E-state index in [0.29, 0.717) is 24.3 Å². The van der Waals surface area contributed by atoms with Crippen molar-refractivity contribution in [1.82, 2.24) is 4.98 Å². The van der Waals surface area contributed by atoms with Gasteiger partial charge in [-0.05, 0) is 54.0 Å². The van der Waals surface area contributed by atoms with Crippen molar-refractivity contribution in [2.75, 3.05) is 19.5 Å². The lowest BCUT2D eigenvalue weighted by atomic mass is 10.1. The highest BCUT2D eigenvalue weighted by atomic mass is 16.5. The van der Waals surface area contributed by atoms with Crippen LogP contribution in [0.3, 0.4) is 0 Å².